The van der Waals surface area contributed by atoms with Crippen LogP contribution in [0, 0.1) is 0 Å². The van der Waals surface area contributed by atoms with Gasteiger partial charge >= 0.3 is 5.97 Å². The van der Waals surface area contributed by atoms with Gasteiger partial charge in [-0.1, -0.05) is 30.3 Å². The quantitative estimate of drug-likeness (QED) is 0.368. The van der Waals surface area contributed by atoms with Crippen molar-refractivity contribution in [1.82, 2.24) is 4.98 Å². The van der Waals surface area contributed by atoms with Gasteiger partial charge in [0.15, 0.2) is 11.6 Å². The molecule has 0 aliphatic heterocycles. The summed E-state index contributed by atoms with van der Waals surface area (Å²) in [6.07, 6.45) is 5.16. The lowest BCUT2D eigenvalue weighted by atomic mass is 9.75. The third kappa shape index (κ3) is 4.52. The van der Waals surface area contributed by atoms with E-state index >= 15 is 0 Å². The zero-order valence-corrected chi connectivity index (χ0v) is 19.1. The summed E-state index contributed by atoms with van der Waals surface area (Å²) >= 11 is 0. The first-order valence-corrected chi connectivity index (χ1v) is 10.6. The predicted octanol–water partition coefficient (Wildman–Crippen LogP) is 4.98. The second kappa shape index (κ2) is 9.69. The highest BCUT2D eigenvalue weighted by molar-refractivity contribution is 6.25. The summed E-state index contributed by atoms with van der Waals surface area (Å²) in [5, 5.41) is 0. The smallest absolute Gasteiger partial charge is 0.333 e. The molecule has 3 rings (SSSR count). The number of pyridine rings is 1. The van der Waals surface area contributed by atoms with Crippen LogP contribution in [0.3, 0.4) is 0 Å². The fraction of sp³-hybridized carbons (Fsp3) is 0.259. The summed E-state index contributed by atoms with van der Waals surface area (Å²) in [6, 6.07) is 11.3. The molecule has 0 fully saturated rings. The Morgan fingerprint density at radius 1 is 0.969 bits per heavy atom. The highest BCUT2D eigenvalue weighted by Gasteiger charge is 2.34. The van der Waals surface area contributed by atoms with Crippen LogP contribution in [0.5, 0.6) is 0 Å². The fourth-order valence-corrected chi connectivity index (χ4v) is 3.88. The Labute approximate surface area is 188 Å². The maximum atomic E-state index is 13.3. The number of carbonyl (C=O) groups is 3. The molecule has 0 amide bonds. The Balaban J connectivity index is 2.08. The standard InChI is InChI=1S/C27H27NO4/c1-6-32-27(31)16(2)14-20-9-11-21(12-10-20)24(22-8-7-13-28-15-22)23-19(5)25(29)17(3)18(4)26(23)30/h7-15,24H,6H2,1-5H3/b16-14+. The van der Waals surface area contributed by atoms with Crippen LogP contribution in [0.1, 0.15) is 57.2 Å². The zero-order chi connectivity index (χ0) is 23.4. The number of benzene rings is 1. The summed E-state index contributed by atoms with van der Waals surface area (Å²) in [7, 11) is 0. The van der Waals surface area contributed by atoms with E-state index in [2.05, 4.69) is 4.98 Å². The summed E-state index contributed by atoms with van der Waals surface area (Å²) in [6.45, 7) is 8.92. The van der Waals surface area contributed by atoms with E-state index in [-0.39, 0.29) is 17.5 Å². The number of nitrogens with zero attached hydrogens (tertiary/aromatic N) is 1. The van der Waals surface area contributed by atoms with Crippen molar-refractivity contribution in [1.29, 1.82) is 0 Å². The van der Waals surface area contributed by atoms with E-state index in [0.29, 0.717) is 34.5 Å². The summed E-state index contributed by atoms with van der Waals surface area (Å²) in [5.41, 5.74) is 4.98. The second-order valence-electron chi connectivity index (χ2n) is 7.88. The van der Waals surface area contributed by atoms with Gasteiger partial charge in [-0.25, -0.2) is 4.79 Å². The van der Waals surface area contributed by atoms with Crippen LogP contribution >= 0.6 is 0 Å². The Morgan fingerprint density at radius 2 is 1.62 bits per heavy atom. The monoisotopic (exact) mass is 429 g/mol. The molecule has 0 spiro atoms. The molecule has 5 heteroatoms. The lowest BCUT2D eigenvalue weighted by molar-refractivity contribution is -0.138. The number of ether oxygens (including phenoxy) is 1. The van der Waals surface area contributed by atoms with Crippen LogP contribution in [0.15, 0.2) is 76.7 Å². The van der Waals surface area contributed by atoms with Gasteiger partial charge in [-0.05, 0) is 63.5 Å². The predicted molar refractivity (Wildman–Crippen MR) is 124 cm³/mol. The lowest BCUT2D eigenvalue weighted by Gasteiger charge is -2.26. The van der Waals surface area contributed by atoms with Gasteiger partial charge in [0, 0.05) is 46.2 Å². The van der Waals surface area contributed by atoms with Gasteiger partial charge in [0.1, 0.15) is 0 Å². The van der Waals surface area contributed by atoms with Crippen molar-refractivity contribution < 1.29 is 19.1 Å². The molecule has 1 aromatic heterocycles. The molecule has 1 unspecified atom stereocenters. The minimum atomic E-state index is -0.424. The van der Waals surface area contributed by atoms with Crippen molar-refractivity contribution in [3.05, 3.63) is 93.3 Å². The molecule has 0 saturated carbocycles. The Hall–Kier alpha value is -3.60. The lowest BCUT2D eigenvalue weighted by Crippen LogP contribution is -2.25. The number of ketones is 2. The molecule has 1 aromatic carbocycles. The molecule has 1 aliphatic rings. The summed E-state index contributed by atoms with van der Waals surface area (Å²) in [5.74, 6) is -0.992. The third-order valence-corrected chi connectivity index (χ3v) is 5.79. The van der Waals surface area contributed by atoms with Crippen molar-refractivity contribution in [2.45, 2.75) is 40.5 Å². The normalized spacial score (nSPS) is 15.8. The first-order valence-electron chi connectivity index (χ1n) is 10.6. The summed E-state index contributed by atoms with van der Waals surface area (Å²) in [4.78, 5) is 42.2. The Bertz CT molecular complexity index is 1150. The van der Waals surface area contributed by atoms with Crippen LogP contribution in [0.4, 0.5) is 0 Å². The van der Waals surface area contributed by atoms with Gasteiger partial charge in [0.2, 0.25) is 0 Å². The van der Waals surface area contributed by atoms with Gasteiger partial charge in [-0.3, -0.25) is 14.6 Å². The van der Waals surface area contributed by atoms with Gasteiger partial charge in [0.25, 0.3) is 0 Å². The molecule has 0 saturated heterocycles. The molecule has 1 aliphatic carbocycles. The topological polar surface area (TPSA) is 73.3 Å². The number of aromatic nitrogens is 1. The number of carbonyl (C=O) groups excluding carboxylic acids is 3. The van der Waals surface area contributed by atoms with E-state index in [1.807, 2.05) is 36.4 Å². The SMILES string of the molecule is CCOC(=O)/C(C)=C/c1ccc(C(C2=C(C)C(=O)C(C)=C(C)C2=O)c2cccnc2)cc1. The Morgan fingerprint density at radius 3 is 2.22 bits per heavy atom. The molecule has 1 heterocycles. The number of Topliss-reactive ketones (excluding diaryl/α,β-unsaturated/α-hetero) is 2. The number of hydrogen-bond acceptors (Lipinski definition) is 5. The van der Waals surface area contributed by atoms with Gasteiger partial charge in [0.05, 0.1) is 6.61 Å². The first-order chi connectivity index (χ1) is 15.3. The van der Waals surface area contributed by atoms with Crippen LogP contribution in [-0.2, 0) is 19.1 Å². The van der Waals surface area contributed by atoms with Gasteiger partial charge in [-0.15, -0.1) is 0 Å². The van der Waals surface area contributed by atoms with Crippen molar-refractivity contribution in [3.8, 4) is 0 Å². The highest BCUT2D eigenvalue weighted by Crippen LogP contribution is 2.38. The molecule has 32 heavy (non-hydrogen) atoms. The maximum Gasteiger partial charge on any atom is 0.333 e. The van der Waals surface area contributed by atoms with E-state index in [9.17, 15) is 14.4 Å². The van der Waals surface area contributed by atoms with E-state index in [1.165, 1.54) is 0 Å². The van der Waals surface area contributed by atoms with Crippen molar-refractivity contribution in [2.75, 3.05) is 6.61 Å². The fourth-order valence-electron chi connectivity index (χ4n) is 3.88. The van der Waals surface area contributed by atoms with Crippen LogP contribution < -0.4 is 0 Å². The van der Waals surface area contributed by atoms with Gasteiger partial charge < -0.3 is 4.74 Å². The molecule has 5 nitrogen and oxygen atoms in total. The van der Waals surface area contributed by atoms with E-state index in [0.717, 1.165) is 16.7 Å². The molecular formula is C27H27NO4. The minimum Gasteiger partial charge on any atom is -0.463 e. The molecular weight excluding hydrogens is 402 g/mol. The average Bonchev–Trinajstić information content (AvgIpc) is 2.80. The van der Waals surface area contributed by atoms with Gasteiger partial charge in [-0.2, -0.15) is 0 Å². The second-order valence-corrected chi connectivity index (χ2v) is 7.88. The zero-order valence-electron chi connectivity index (χ0n) is 19.1. The van der Waals surface area contributed by atoms with E-state index < -0.39 is 5.92 Å². The van der Waals surface area contributed by atoms with Crippen LogP contribution in [0.2, 0.25) is 0 Å². The molecule has 1 atom stereocenters. The summed E-state index contributed by atoms with van der Waals surface area (Å²) < 4.78 is 5.03. The number of allylic oxidation sites excluding steroid dienone is 4. The first kappa shape index (κ1) is 23.1. The average molecular weight is 430 g/mol. The van der Waals surface area contributed by atoms with Crippen molar-refractivity contribution >= 4 is 23.6 Å². The van der Waals surface area contributed by atoms with Crippen LogP contribution in [-0.4, -0.2) is 29.1 Å². The van der Waals surface area contributed by atoms with Crippen molar-refractivity contribution in [3.63, 3.8) is 0 Å². The number of esters is 1. The van der Waals surface area contributed by atoms with Crippen LogP contribution in [0.25, 0.3) is 6.08 Å². The van der Waals surface area contributed by atoms with Crippen molar-refractivity contribution in [2.24, 2.45) is 0 Å². The number of rotatable bonds is 6. The Kier molecular flexibility index (Phi) is 6.98. The highest BCUT2D eigenvalue weighted by atomic mass is 16.5. The molecule has 2 aromatic rings. The third-order valence-electron chi connectivity index (χ3n) is 5.79. The van der Waals surface area contributed by atoms with E-state index in [4.69, 9.17) is 4.74 Å². The molecule has 0 radical (unpaired) electrons. The number of hydrogen-bond donors (Lipinski definition) is 0. The minimum absolute atomic E-state index is 0.101. The van der Waals surface area contributed by atoms with E-state index in [1.54, 1.807) is 53.1 Å². The largest absolute Gasteiger partial charge is 0.463 e. The maximum absolute atomic E-state index is 13.3. The molecule has 0 bridgehead atoms. The molecule has 164 valence electrons. The molecule has 0 N–H and O–H groups in total.